The van der Waals surface area contributed by atoms with E-state index in [1.807, 2.05) is 24.1 Å². The summed E-state index contributed by atoms with van der Waals surface area (Å²) in [6, 6.07) is 2.19. The second kappa shape index (κ2) is 3.35. The molecule has 0 fully saturated rings. The molecule has 0 radical (unpaired) electrons. The van der Waals surface area contributed by atoms with Crippen LogP contribution in [0.25, 0.3) is 0 Å². The van der Waals surface area contributed by atoms with Gasteiger partial charge >= 0.3 is 0 Å². The van der Waals surface area contributed by atoms with Gasteiger partial charge in [0.2, 0.25) is 0 Å². The van der Waals surface area contributed by atoms with E-state index >= 15 is 0 Å². The molecule has 76 valence electrons. The fourth-order valence-electron chi connectivity index (χ4n) is 1.88. The highest BCUT2D eigenvalue weighted by Gasteiger charge is 2.41. The monoisotopic (exact) mass is 200 g/mol. The van der Waals surface area contributed by atoms with E-state index in [0.717, 1.165) is 11.3 Å². The third-order valence-corrected chi connectivity index (χ3v) is 2.80. The summed E-state index contributed by atoms with van der Waals surface area (Å²) in [6.45, 7) is 6.39. The van der Waals surface area contributed by atoms with Crippen molar-refractivity contribution >= 4 is 0 Å². The zero-order chi connectivity index (χ0) is 10.9. The van der Waals surface area contributed by atoms with Crippen LogP contribution in [0.3, 0.4) is 0 Å². The molecule has 0 aromatic carbocycles. The molecule has 4 nitrogen and oxygen atoms in total. The molecule has 0 amide bonds. The fraction of sp³-hybridized carbons (Fsp3) is 0.364. The van der Waals surface area contributed by atoms with Gasteiger partial charge in [-0.25, -0.2) is 0 Å². The molecule has 1 aliphatic heterocycles. The molecule has 15 heavy (non-hydrogen) atoms. The Hall–Kier alpha value is -1.89. The van der Waals surface area contributed by atoms with Crippen LogP contribution in [0, 0.1) is 11.3 Å². The van der Waals surface area contributed by atoms with Gasteiger partial charge in [-0.05, 0) is 19.1 Å². The number of nitrogens with zero attached hydrogens (tertiary/aromatic N) is 4. The Balaban J connectivity index is 2.33. The molecule has 0 saturated heterocycles. The highest BCUT2D eigenvalue weighted by atomic mass is 15.6. The Bertz CT molecular complexity index is 424. The van der Waals surface area contributed by atoms with Gasteiger partial charge in [0.15, 0.2) is 0 Å². The summed E-state index contributed by atoms with van der Waals surface area (Å²) in [7, 11) is 0. The zero-order valence-corrected chi connectivity index (χ0v) is 8.64. The van der Waals surface area contributed by atoms with Crippen LogP contribution in [0.1, 0.15) is 13.3 Å². The molecule has 0 bridgehead atoms. The van der Waals surface area contributed by atoms with E-state index in [-0.39, 0.29) is 5.54 Å². The number of nitriles is 1. The minimum Gasteiger partial charge on any atom is -0.262 e. The van der Waals surface area contributed by atoms with Crippen molar-refractivity contribution in [3.63, 3.8) is 0 Å². The number of hydrogen-bond acceptors (Lipinski definition) is 4. The van der Waals surface area contributed by atoms with Crippen LogP contribution in [-0.2, 0) is 0 Å². The van der Waals surface area contributed by atoms with E-state index < -0.39 is 0 Å². The Labute approximate surface area is 88.9 Å². The van der Waals surface area contributed by atoms with E-state index in [9.17, 15) is 0 Å². The molecule has 0 aromatic rings. The predicted molar refractivity (Wildman–Crippen MR) is 56.6 cm³/mol. The lowest BCUT2D eigenvalue weighted by Gasteiger charge is -2.34. The lowest BCUT2D eigenvalue weighted by molar-refractivity contribution is 0.179. The van der Waals surface area contributed by atoms with Crippen LogP contribution >= 0.6 is 0 Å². The highest BCUT2D eigenvalue weighted by Crippen LogP contribution is 2.39. The summed E-state index contributed by atoms with van der Waals surface area (Å²) in [5.74, 6) is 0. The number of hydrogen-bond donors (Lipinski definition) is 0. The Morgan fingerprint density at radius 3 is 3.20 bits per heavy atom. The first kappa shape index (κ1) is 9.66. The average Bonchev–Trinajstić information content (AvgIpc) is 2.55. The van der Waals surface area contributed by atoms with Crippen LogP contribution in [-0.4, -0.2) is 17.1 Å². The minimum absolute atomic E-state index is 0.270. The Kier molecular flexibility index (Phi) is 2.16. The lowest BCUT2D eigenvalue weighted by atomic mass is 9.85. The Morgan fingerprint density at radius 1 is 1.73 bits per heavy atom. The summed E-state index contributed by atoms with van der Waals surface area (Å²) >= 11 is 0. The number of fused-ring (bicyclic) bond motifs is 1. The molecule has 1 aliphatic carbocycles. The molecule has 2 aliphatic rings. The van der Waals surface area contributed by atoms with Crippen molar-refractivity contribution < 1.29 is 0 Å². The van der Waals surface area contributed by atoms with Crippen LogP contribution in [0.5, 0.6) is 0 Å². The molecule has 4 heteroatoms. The van der Waals surface area contributed by atoms with Crippen molar-refractivity contribution in [1.29, 1.82) is 5.26 Å². The summed E-state index contributed by atoms with van der Waals surface area (Å²) in [5.41, 5.74) is 1.42. The average molecular weight is 200 g/mol. The van der Waals surface area contributed by atoms with Gasteiger partial charge in [0.05, 0.1) is 18.3 Å². The summed E-state index contributed by atoms with van der Waals surface area (Å²) in [6.07, 6.45) is 6.13. The smallest absolute Gasteiger partial charge is 0.106 e. The first-order valence-corrected chi connectivity index (χ1v) is 4.82. The molecule has 0 saturated carbocycles. The summed E-state index contributed by atoms with van der Waals surface area (Å²) in [4.78, 5) is 0. The molecule has 2 rings (SSSR count). The van der Waals surface area contributed by atoms with Gasteiger partial charge in [-0.3, -0.25) is 5.01 Å². The van der Waals surface area contributed by atoms with Crippen molar-refractivity contribution in [1.82, 2.24) is 5.01 Å². The second-order valence-corrected chi connectivity index (χ2v) is 3.87. The first-order valence-electron chi connectivity index (χ1n) is 4.82. The van der Waals surface area contributed by atoms with E-state index in [1.165, 1.54) is 0 Å². The van der Waals surface area contributed by atoms with Gasteiger partial charge in [-0.2, -0.15) is 5.26 Å². The van der Waals surface area contributed by atoms with Gasteiger partial charge < -0.3 is 0 Å². The fourth-order valence-corrected chi connectivity index (χ4v) is 1.88. The van der Waals surface area contributed by atoms with Crippen LogP contribution < -0.4 is 0 Å². The maximum absolute atomic E-state index is 8.89. The SMILES string of the molecule is C=CCN1N=NC2=CC=C(C#N)CC21C. The third kappa shape index (κ3) is 1.37. The lowest BCUT2D eigenvalue weighted by Crippen LogP contribution is -2.42. The van der Waals surface area contributed by atoms with Crippen LogP contribution in [0.4, 0.5) is 0 Å². The van der Waals surface area contributed by atoms with Gasteiger partial charge in [-0.1, -0.05) is 11.3 Å². The minimum atomic E-state index is -0.270. The number of rotatable bonds is 2. The van der Waals surface area contributed by atoms with E-state index in [2.05, 4.69) is 23.0 Å². The van der Waals surface area contributed by atoms with Crippen molar-refractivity contribution in [2.24, 2.45) is 10.3 Å². The Morgan fingerprint density at radius 2 is 2.53 bits per heavy atom. The van der Waals surface area contributed by atoms with Crippen molar-refractivity contribution in [2.75, 3.05) is 6.54 Å². The standard InChI is InChI=1S/C11H12N4/c1-3-6-15-11(2)7-9(8-12)4-5-10(11)13-14-15/h3-5H,1,6-7H2,2H3. The molecule has 0 aromatic heterocycles. The second-order valence-electron chi connectivity index (χ2n) is 3.87. The third-order valence-electron chi connectivity index (χ3n) is 2.80. The van der Waals surface area contributed by atoms with Gasteiger partial charge in [0.25, 0.3) is 0 Å². The maximum atomic E-state index is 8.89. The number of allylic oxidation sites excluding steroid dienone is 2. The summed E-state index contributed by atoms with van der Waals surface area (Å²) < 4.78 is 0. The van der Waals surface area contributed by atoms with Gasteiger partial charge in [0.1, 0.15) is 5.54 Å². The van der Waals surface area contributed by atoms with E-state index in [4.69, 9.17) is 5.26 Å². The quantitative estimate of drug-likeness (QED) is 0.642. The van der Waals surface area contributed by atoms with Gasteiger partial charge in [-0.15, -0.1) is 11.7 Å². The van der Waals surface area contributed by atoms with Crippen LogP contribution in [0.2, 0.25) is 0 Å². The molecule has 0 N–H and O–H groups in total. The molecule has 1 atom stereocenters. The molecule has 0 spiro atoms. The summed E-state index contributed by atoms with van der Waals surface area (Å²) in [5, 5.41) is 19.0. The van der Waals surface area contributed by atoms with Crippen molar-refractivity contribution in [3.05, 3.63) is 36.1 Å². The van der Waals surface area contributed by atoms with Crippen molar-refractivity contribution in [2.45, 2.75) is 18.9 Å². The van der Waals surface area contributed by atoms with Crippen LogP contribution in [0.15, 0.2) is 46.4 Å². The largest absolute Gasteiger partial charge is 0.262 e. The maximum Gasteiger partial charge on any atom is 0.106 e. The first-order chi connectivity index (χ1) is 7.20. The molecular formula is C11H12N4. The molecule has 1 unspecified atom stereocenters. The molecule has 1 heterocycles. The predicted octanol–water partition coefficient (Wildman–Crippen LogP) is 2.35. The van der Waals surface area contributed by atoms with Gasteiger partial charge in [0, 0.05) is 12.0 Å². The van der Waals surface area contributed by atoms with E-state index in [0.29, 0.717) is 13.0 Å². The zero-order valence-electron chi connectivity index (χ0n) is 8.64. The highest BCUT2D eigenvalue weighted by molar-refractivity contribution is 5.40. The van der Waals surface area contributed by atoms with E-state index in [1.54, 1.807) is 6.08 Å². The topological polar surface area (TPSA) is 51.8 Å². The normalized spacial score (nSPS) is 27.9. The molecular weight excluding hydrogens is 188 g/mol. The van der Waals surface area contributed by atoms with Crippen molar-refractivity contribution in [3.8, 4) is 6.07 Å².